The van der Waals surface area contributed by atoms with Crippen LogP contribution in [0, 0.1) is 0 Å². The smallest absolute Gasteiger partial charge is 0.273 e. The fourth-order valence-electron chi connectivity index (χ4n) is 4.35. The Morgan fingerprint density at radius 3 is 2.58 bits per heavy atom. The Kier molecular flexibility index (Phi) is 5.52. The number of hydrogen-bond acceptors (Lipinski definition) is 4. The van der Waals surface area contributed by atoms with E-state index >= 15 is 0 Å². The number of benzene rings is 3. The summed E-state index contributed by atoms with van der Waals surface area (Å²) in [6.45, 7) is 0.522. The number of hydrogen-bond donors (Lipinski definition) is 2. The molecule has 2 heterocycles. The second-order valence-corrected chi connectivity index (χ2v) is 8.37. The fourth-order valence-corrected chi connectivity index (χ4v) is 4.53. The number of halogens is 1. The number of methoxy groups -OCH3 is 1. The van der Waals surface area contributed by atoms with Crippen molar-refractivity contribution in [2.75, 3.05) is 13.7 Å². The molecule has 1 amide bonds. The Hall–Kier alpha value is -3.77. The molecule has 0 saturated carbocycles. The lowest BCUT2D eigenvalue weighted by Crippen LogP contribution is -2.31. The second kappa shape index (κ2) is 8.64. The molecule has 0 bridgehead atoms. The van der Waals surface area contributed by atoms with Crippen LogP contribution >= 0.6 is 11.6 Å². The Morgan fingerprint density at radius 2 is 1.85 bits per heavy atom. The van der Waals surface area contributed by atoms with Crippen molar-refractivity contribution in [3.05, 3.63) is 100 Å². The minimum absolute atomic E-state index is 0.0599. The fraction of sp³-hybridized carbons (Fsp3) is 0.154. The SMILES string of the molecule is COc1ccc(CCN2C(=O)c3[nH]nc(-c4cc(Cl)ccc4O)c3C2c2ccccc2)cc1. The summed E-state index contributed by atoms with van der Waals surface area (Å²) >= 11 is 6.20. The molecule has 7 heteroatoms. The average molecular weight is 460 g/mol. The van der Waals surface area contributed by atoms with Gasteiger partial charge in [0.1, 0.15) is 22.9 Å². The highest BCUT2D eigenvalue weighted by atomic mass is 35.5. The molecule has 0 aliphatic carbocycles. The molecule has 6 nitrogen and oxygen atoms in total. The summed E-state index contributed by atoms with van der Waals surface area (Å²) in [6.07, 6.45) is 0.689. The quantitative estimate of drug-likeness (QED) is 0.413. The second-order valence-electron chi connectivity index (χ2n) is 7.93. The molecule has 33 heavy (non-hydrogen) atoms. The first-order valence-corrected chi connectivity index (χ1v) is 11.0. The summed E-state index contributed by atoms with van der Waals surface area (Å²) in [7, 11) is 1.64. The first-order chi connectivity index (χ1) is 16.1. The molecule has 0 fully saturated rings. The third-order valence-corrected chi connectivity index (χ3v) is 6.23. The van der Waals surface area contributed by atoms with E-state index in [0.29, 0.717) is 34.9 Å². The van der Waals surface area contributed by atoms with Gasteiger partial charge in [-0.05, 0) is 47.9 Å². The summed E-state index contributed by atoms with van der Waals surface area (Å²) in [5.41, 5.74) is 4.29. The van der Waals surface area contributed by atoms with E-state index in [0.717, 1.165) is 22.4 Å². The molecule has 0 radical (unpaired) electrons. The van der Waals surface area contributed by atoms with E-state index < -0.39 is 0 Å². The number of nitrogens with zero attached hydrogens (tertiary/aromatic N) is 2. The number of phenolic OH excluding ortho intramolecular Hbond substituents is 1. The van der Waals surface area contributed by atoms with Crippen LogP contribution < -0.4 is 4.74 Å². The highest BCUT2D eigenvalue weighted by Crippen LogP contribution is 2.44. The van der Waals surface area contributed by atoms with Crippen LogP contribution in [0.25, 0.3) is 11.3 Å². The number of nitrogens with one attached hydrogen (secondary N) is 1. The maximum atomic E-state index is 13.4. The zero-order valence-electron chi connectivity index (χ0n) is 18.0. The maximum absolute atomic E-state index is 13.4. The summed E-state index contributed by atoms with van der Waals surface area (Å²) in [6, 6.07) is 22.2. The monoisotopic (exact) mass is 459 g/mol. The summed E-state index contributed by atoms with van der Waals surface area (Å²) in [5.74, 6) is 0.738. The van der Waals surface area contributed by atoms with Crippen LogP contribution in [-0.2, 0) is 6.42 Å². The van der Waals surface area contributed by atoms with Gasteiger partial charge in [-0.3, -0.25) is 9.89 Å². The summed E-state index contributed by atoms with van der Waals surface area (Å²) < 4.78 is 5.24. The van der Waals surface area contributed by atoms with E-state index in [2.05, 4.69) is 10.2 Å². The third kappa shape index (κ3) is 3.83. The number of carbonyl (C=O) groups excluding carboxylic acids is 1. The largest absolute Gasteiger partial charge is 0.507 e. The molecular formula is C26H22ClN3O3. The molecule has 1 aliphatic heterocycles. The number of phenols is 1. The van der Waals surface area contributed by atoms with Gasteiger partial charge in [-0.1, -0.05) is 54.1 Å². The molecule has 166 valence electrons. The number of aromatic nitrogens is 2. The van der Waals surface area contributed by atoms with E-state index in [1.165, 1.54) is 6.07 Å². The Balaban J connectivity index is 1.55. The van der Waals surface area contributed by atoms with Gasteiger partial charge in [0.25, 0.3) is 5.91 Å². The van der Waals surface area contributed by atoms with Crippen molar-refractivity contribution in [3.63, 3.8) is 0 Å². The Labute approximate surface area is 196 Å². The number of aromatic hydroxyl groups is 1. The van der Waals surface area contributed by atoms with Crippen LogP contribution in [-0.4, -0.2) is 39.8 Å². The number of fused-ring (bicyclic) bond motifs is 1. The van der Waals surface area contributed by atoms with Crippen LogP contribution in [0.5, 0.6) is 11.5 Å². The minimum Gasteiger partial charge on any atom is -0.507 e. The zero-order chi connectivity index (χ0) is 22.9. The first kappa shape index (κ1) is 21.1. The lowest BCUT2D eigenvalue weighted by Gasteiger charge is -2.26. The van der Waals surface area contributed by atoms with Gasteiger partial charge in [-0.15, -0.1) is 0 Å². The van der Waals surface area contributed by atoms with Crippen molar-refractivity contribution < 1.29 is 14.6 Å². The number of carbonyl (C=O) groups is 1. The first-order valence-electron chi connectivity index (χ1n) is 10.6. The van der Waals surface area contributed by atoms with Crippen molar-refractivity contribution in [3.8, 4) is 22.8 Å². The molecule has 5 rings (SSSR count). The van der Waals surface area contributed by atoms with Crippen molar-refractivity contribution in [2.24, 2.45) is 0 Å². The van der Waals surface area contributed by atoms with Gasteiger partial charge in [0, 0.05) is 22.7 Å². The highest BCUT2D eigenvalue weighted by molar-refractivity contribution is 6.31. The topological polar surface area (TPSA) is 78.5 Å². The van der Waals surface area contributed by atoms with Crippen molar-refractivity contribution in [2.45, 2.75) is 12.5 Å². The third-order valence-electron chi connectivity index (χ3n) is 5.99. The van der Waals surface area contributed by atoms with E-state index in [4.69, 9.17) is 16.3 Å². The molecule has 4 aromatic rings. The van der Waals surface area contributed by atoms with Gasteiger partial charge in [0.05, 0.1) is 13.2 Å². The molecule has 1 unspecified atom stereocenters. The molecule has 0 spiro atoms. The highest BCUT2D eigenvalue weighted by Gasteiger charge is 2.42. The molecule has 3 aromatic carbocycles. The van der Waals surface area contributed by atoms with Crippen LogP contribution in [0.3, 0.4) is 0 Å². The van der Waals surface area contributed by atoms with Gasteiger partial charge in [-0.2, -0.15) is 5.10 Å². The van der Waals surface area contributed by atoms with Crippen LogP contribution in [0.1, 0.15) is 33.2 Å². The van der Waals surface area contributed by atoms with E-state index in [1.807, 2.05) is 59.5 Å². The van der Waals surface area contributed by atoms with Crippen LogP contribution in [0.2, 0.25) is 5.02 Å². The molecular weight excluding hydrogens is 438 g/mol. The number of aromatic amines is 1. The predicted molar refractivity (Wildman–Crippen MR) is 127 cm³/mol. The van der Waals surface area contributed by atoms with Gasteiger partial charge in [-0.25, -0.2) is 0 Å². The van der Waals surface area contributed by atoms with E-state index in [1.54, 1.807) is 19.2 Å². The number of ether oxygens (including phenoxy) is 1. The molecule has 0 saturated heterocycles. The van der Waals surface area contributed by atoms with E-state index in [9.17, 15) is 9.90 Å². The minimum atomic E-state index is -0.334. The van der Waals surface area contributed by atoms with Crippen molar-refractivity contribution in [1.82, 2.24) is 15.1 Å². The maximum Gasteiger partial charge on any atom is 0.273 e. The average Bonchev–Trinajstić information content (AvgIpc) is 3.39. The van der Waals surface area contributed by atoms with Crippen LogP contribution in [0.4, 0.5) is 0 Å². The zero-order valence-corrected chi connectivity index (χ0v) is 18.7. The summed E-state index contributed by atoms with van der Waals surface area (Å²) in [4.78, 5) is 15.3. The summed E-state index contributed by atoms with van der Waals surface area (Å²) in [5, 5.41) is 18.3. The van der Waals surface area contributed by atoms with Gasteiger partial charge < -0.3 is 14.7 Å². The number of H-pyrrole nitrogens is 1. The number of rotatable bonds is 6. The molecule has 1 atom stereocenters. The predicted octanol–water partition coefficient (Wildman–Crippen LogP) is 5.23. The van der Waals surface area contributed by atoms with Gasteiger partial charge in [0.2, 0.25) is 0 Å². The number of amides is 1. The van der Waals surface area contributed by atoms with Crippen molar-refractivity contribution in [1.29, 1.82) is 0 Å². The molecule has 1 aromatic heterocycles. The van der Waals surface area contributed by atoms with Gasteiger partial charge in [0.15, 0.2) is 0 Å². The normalized spacial score (nSPS) is 15.0. The van der Waals surface area contributed by atoms with Crippen molar-refractivity contribution >= 4 is 17.5 Å². The van der Waals surface area contributed by atoms with Gasteiger partial charge >= 0.3 is 0 Å². The lowest BCUT2D eigenvalue weighted by atomic mass is 9.95. The van der Waals surface area contributed by atoms with E-state index in [-0.39, 0.29) is 17.7 Å². The molecule has 2 N–H and O–H groups in total. The Morgan fingerprint density at radius 1 is 1.09 bits per heavy atom. The lowest BCUT2D eigenvalue weighted by molar-refractivity contribution is 0.0746. The van der Waals surface area contributed by atoms with Crippen LogP contribution in [0.15, 0.2) is 72.8 Å². The Bertz CT molecular complexity index is 1300. The molecule has 1 aliphatic rings. The standard InChI is InChI=1S/C26H22ClN3O3/c1-33-19-10-7-16(8-11-19)13-14-30-25(17-5-3-2-4-6-17)22-23(28-29-24(22)26(30)32)20-15-18(27)9-12-21(20)31/h2-12,15,25,31H,13-14H2,1H3,(H,28,29).